The van der Waals surface area contributed by atoms with Crippen LogP contribution in [0.25, 0.3) is 0 Å². The van der Waals surface area contributed by atoms with E-state index in [1.807, 2.05) is 19.1 Å². The van der Waals surface area contributed by atoms with Gasteiger partial charge in [-0.1, -0.05) is 19.4 Å². The summed E-state index contributed by atoms with van der Waals surface area (Å²) in [4.78, 5) is 8.86. The van der Waals surface area contributed by atoms with E-state index >= 15 is 0 Å². The Kier molecular flexibility index (Phi) is 13.8. The molecule has 132 valence electrons. The largest absolute Gasteiger partial charge is 0.477 e. The Morgan fingerprint density at radius 1 is 1.26 bits per heavy atom. The number of hydrogen-bond acceptors (Lipinski definition) is 4. The van der Waals surface area contributed by atoms with Gasteiger partial charge in [-0.25, -0.2) is 9.98 Å². The van der Waals surface area contributed by atoms with Crippen LogP contribution in [0.1, 0.15) is 32.3 Å². The van der Waals surface area contributed by atoms with E-state index in [0.29, 0.717) is 25.6 Å². The van der Waals surface area contributed by atoms with Crippen LogP contribution in [-0.2, 0) is 11.3 Å². The zero-order valence-corrected chi connectivity index (χ0v) is 16.6. The van der Waals surface area contributed by atoms with E-state index in [-0.39, 0.29) is 24.0 Å². The Balaban J connectivity index is 0.00000484. The molecular weight excluding hydrogens is 407 g/mol. The molecule has 1 rings (SSSR count). The van der Waals surface area contributed by atoms with Crippen LogP contribution in [0.4, 0.5) is 0 Å². The van der Waals surface area contributed by atoms with Gasteiger partial charge in [0.2, 0.25) is 5.88 Å². The molecule has 0 saturated carbocycles. The van der Waals surface area contributed by atoms with E-state index in [1.54, 1.807) is 13.3 Å². The maximum absolute atomic E-state index is 5.73. The third-order valence-corrected chi connectivity index (χ3v) is 2.94. The number of pyridine rings is 1. The molecule has 0 spiro atoms. The second-order valence-electron chi connectivity index (χ2n) is 4.78. The first-order valence-corrected chi connectivity index (χ1v) is 7.89. The molecule has 0 radical (unpaired) electrons. The Hall–Kier alpha value is -1.09. The molecule has 0 aliphatic rings. The van der Waals surface area contributed by atoms with Crippen LogP contribution >= 0.6 is 24.0 Å². The lowest BCUT2D eigenvalue weighted by molar-refractivity contribution is 0.203. The lowest BCUT2D eigenvalue weighted by Crippen LogP contribution is -2.38. The van der Waals surface area contributed by atoms with Crippen LogP contribution in [0.15, 0.2) is 23.3 Å². The maximum Gasteiger partial charge on any atom is 0.218 e. The minimum absolute atomic E-state index is 0. The first-order chi connectivity index (χ1) is 10.8. The van der Waals surface area contributed by atoms with Crippen molar-refractivity contribution in [2.45, 2.75) is 33.2 Å². The van der Waals surface area contributed by atoms with E-state index in [4.69, 9.17) is 9.47 Å². The highest BCUT2D eigenvalue weighted by atomic mass is 127. The number of nitrogens with one attached hydrogen (secondary N) is 2. The molecular formula is C16H29IN4O2. The van der Waals surface area contributed by atoms with Crippen molar-refractivity contribution in [1.82, 2.24) is 15.6 Å². The predicted molar refractivity (Wildman–Crippen MR) is 105 cm³/mol. The quantitative estimate of drug-likeness (QED) is 0.256. The molecule has 1 aromatic heterocycles. The normalized spacial score (nSPS) is 10.8. The lowest BCUT2D eigenvalue weighted by Gasteiger charge is -2.12. The molecule has 2 N–H and O–H groups in total. The van der Waals surface area contributed by atoms with Gasteiger partial charge in [-0.05, 0) is 19.4 Å². The van der Waals surface area contributed by atoms with E-state index < -0.39 is 0 Å². The van der Waals surface area contributed by atoms with Crippen LogP contribution in [0, 0.1) is 0 Å². The van der Waals surface area contributed by atoms with Crippen LogP contribution in [0.2, 0.25) is 0 Å². The van der Waals surface area contributed by atoms with Gasteiger partial charge in [0.25, 0.3) is 0 Å². The molecule has 1 heterocycles. The maximum atomic E-state index is 5.73. The third kappa shape index (κ3) is 9.60. The van der Waals surface area contributed by atoms with Gasteiger partial charge in [0.1, 0.15) is 0 Å². The molecule has 0 amide bonds. The average molecular weight is 436 g/mol. The van der Waals surface area contributed by atoms with Gasteiger partial charge >= 0.3 is 0 Å². The molecule has 0 aliphatic heterocycles. The van der Waals surface area contributed by atoms with Gasteiger partial charge in [0.15, 0.2) is 5.96 Å². The van der Waals surface area contributed by atoms with Crippen molar-refractivity contribution < 1.29 is 9.47 Å². The van der Waals surface area contributed by atoms with Crippen molar-refractivity contribution >= 4 is 29.9 Å². The molecule has 0 aliphatic carbocycles. The molecule has 0 aromatic carbocycles. The molecule has 0 bridgehead atoms. The number of guanidine groups is 1. The Labute approximate surface area is 156 Å². The van der Waals surface area contributed by atoms with Gasteiger partial charge in [0.05, 0.1) is 19.8 Å². The fraction of sp³-hybridized carbons (Fsp3) is 0.625. The lowest BCUT2D eigenvalue weighted by atomic mass is 10.3. The second kappa shape index (κ2) is 14.5. The van der Waals surface area contributed by atoms with Gasteiger partial charge in [-0.15, -0.1) is 24.0 Å². The summed E-state index contributed by atoms with van der Waals surface area (Å²) in [6.07, 6.45) is 3.88. The fourth-order valence-electron chi connectivity index (χ4n) is 1.77. The number of unbranched alkanes of at least 4 members (excludes halogenated alkanes) is 1. The topological polar surface area (TPSA) is 67.8 Å². The van der Waals surface area contributed by atoms with E-state index in [0.717, 1.165) is 37.5 Å². The minimum atomic E-state index is 0. The number of halogens is 1. The molecule has 0 atom stereocenters. The number of nitrogens with zero attached hydrogens (tertiary/aromatic N) is 2. The smallest absolute Gasteiger partial charge is 0.218 e. The number of aromatic nitrogens is 1. The number of methoxy groups -OCH3 is 1. The third-order valence-electron chi connectivity index (χ3n) is 2.94. The van der Waals surface area contributed by atoms with Crippen molar-refractivity contribution in [2.75, 3.05) is 33.4 Å². The van der Waals surface area contributed by atoms with Crippen molar-refractivity contribution in [2.24, 2.45) is 4.99 Å². The van der Waals surface area contributed by atoms with E-state index in [9.17, 15) is 0 Å². The van der Waals surface area contributed by atoms with Crippen LogP contribution in [-0.4, -0.2) is 44.4 Å². The Morgan fingerprint density at radius 2 is 2.09 bits per heavy atom. The predicted octanol–water partition coefficient (Wildman–Crippen LogP) is 2.58. The van der Waals surface area contributed by atoms with Crippen molar-refractivity contribution in [3.05, 3.63) is 23.9 Å². The van der Waals surface area contributed by atoms with Gasteiger partial charge in [0, 0.05) is 32.0 Å². The highest BCUT2D eigenvalue weighted by molar-refractivity contribution is 14.0. The summed E-state index contributed by atoms with van der Waals surface area (Å²) >= 11 is 0. The summed E-state index contributed by atoms with van der Waals surface area (Å²) in [5.41, 5.74) is 0.988. The average Bonchev–Trinajstić information content (AvgIpc) is 2.54. The first kappa shape index (κ1) is 21.9. The SMILES string of the molecule is CCCCOc1ncccc1CN=C(NCC)NCCOC.I. The van der Waals surface area contributed by atoms with Gasteiger partial charge in [-0.2, -0.15) is 0 Å². The summed E-state index contributed by atoms with van der Waals surface area (Å²) in [6.45, 7) is 7.57. The van der Waals surface area contributed by atoms with Gasteiger partial charge < -0.3 is 20.1 Å². The summed E-state index contributed by atoms with van der Waals surface area (Å²) in [5, 5.41) is 6.42. The summed E-state index contributed by atoms with van der Waals surface area (Å²) in [7, 11) is 1.68. The summed E-state index contributed by atoms with van der Waals surface area (Å²) in [6, 6.07) is 3.90. The first-order valence-electron chi connectivity index (χ1n) is 7.89. The monoisotopic (exact) mass is 436 g/mol. The zero-order valence-electron chi connectivity index (χ0n) is 14.3. The van der Waals surface area contributed by atoms with Crippen LogP contribution in [0.3, 0.4) is 0 Å². The fourth-order valence-corrected chi connectivity index (χ4v) is 1.77. The zero-order chi connectivity index (χ0) is 16.0. The molecule has 6 nitrogen and oxygen atoms in total. The highest BCUT2D eigenvalue weighted by Crippen LogP contribution is 2.15. The second-order valence-corrected chi connectivity index (χ2v) is 4.78. The molecule has 7 heteroatoms. The highest BCUT2D eigenvalue weighted by Gasteiger charge is 2.05. The molecule has 23 heavy (non-hydrogen) atoms. The summed E-state index contributed by atoms with van der Waals surface area (Å²) < 4.78 is 10.8. The molecule has 0 fully saturated rings. The molecule has 0 unspecified atom stereocenters. The van der Waals surface area contributed by atoms with Crippen molar-refractivity contribution in [3.8, 4) is 5.88 Å². The van der Waals surface area contributed by atoms with Gasteiger partial charge in [-0.3, -0.25) is 0 Å². The molecule has 1 aromatic rings. The molecule has 0 saturated heterocycles. The minimum Gasteiger partial charge on any atom is -0.477 e. The van der Waals surface area contributed by atoms with Crippen LogP contribution in [0.5, 0.6) is 5.88 Å². The number of hydrogen-bond donors (Lipinski definition) is 2. The van der Waals surface area contributed by atoms with Crippen molar-refractivity contribution in [1.29, 1.82) is 0 Å². The Bertz CT molecular complexity index is 444. The van der Waals surface area contributed by atoms with E-state index in [2.05, 4.69) is 27.5 Å². The van der Waals surface area contributed by atoms with E-state index in [1.165, 1.54) is 0 Å². The standard InChI is InChI=1S/C16H28N4O2.HI/c1-4-6-11-22-15-14(8-7-9-18-15)13-20-16(17-5-2)19-10-12-21-3;/h7-9H,4-6,10-13H2,1-3H3,(H2,17,19,20);1H. The number of ether oxygens (including phenoxy) is 2. The van der Waals surface area contributed by atoms with Crippen molar-refractivity contribution in [3.63, 3.8) is 0 Å². The number of aliphatic imine (C=N–C) groups is 1. The Morgan fingerprint density at radius 3 is 2.78 bits per heavy atom. The summed E-state index contributed by atoms with van der Waals surface area (Å²) in [5.74, 6) is 1.44. The van der Waals surface area contributed by atoms with Crippen LogP contribution < -0.4 is 15.4 Å². The number of rotatable bonds is 10.